The second-order valence-electron chi connectivity index (χ2n) is 4.00. The van der Waals surface area contributed by atoms with E-state index in [1.54, 1.807) is 6.92 Å². The van der Waals surface area contributed by atoms with E-state index in [1.807, 2.05) is 20.8 Å². The summed E-state index contributed by atoms with van der Waals surface area (Å²) < 4.78 is 0. The predicted molar refractivity (Wildman–Crippen MR) is 60.4 cm³/mol. The van der Waals surface area contributed by atoms with Crippen LogP contribution in [0, 0.1) is 5.92 Å². The van der Waals surface area contributed by atoms with Crippen LogP contribution in [0.1, 0.15) is 40.5 Å². The lowest BCUT2D eigenvalue weighted by molar-refractivity contribution is -0.129. The van der Waals surface area contributed by atoms with Gasteiger partial charge in [0, 0.05) is 13.0 Å². The van der Waals surface area contributed by atoms with E-state index in [4.69, 9.17) is 0 Å². The Kier molecular flexibility index (Phi) is 6.75. The maximum Gasteiger partial charge on any atom is 0.242 e. The standard InChI is InChI=1S/C11H22N2O2/c1-5-10(14)13-9(7-8(3)4)11(15)12-6-2/h8-9H,5-7H2,1-4H3,(H,12,15)(H,13,14)/t9-/m0/s1. The molecule has 0 aliphatic rings. The lowest BCUT2D eigenvalue weighted by Gasteiger charge is -2.19. The molecule has 0 aromatic carbocycles. The Labute approximate surface area is 91.8 Å². The van der Waals surface area contributed by atoms with Crippen molar-refractivity contribution in [3.05, 3.63) is 0 Å². The second kappa shape index (κ2) is 7.26. The average molecular weight is 214 g/mol. The van der Waals surface area contributed by atoms with Crippen molar-refractivity contribution in [1.29, 1.82) is 0 Å². The van der Waals surface area contributed by atoms with Gasteiger partial charge in [0.1, 0.15) is 6.04 Å². The number of rotatable bonds is 6. The van der Waals surface area contributed by atoms with E-state index < -0.39 is 6.04 Å². The second-order valence-corrected chi connectivity index (χ2v) is 4.00. The van der Waals surface area contributed by atoms with Gasteiger partial charge in [-0.15, -0.1) is 0 Å². The summed E-state index contributed by atoms with van der Waals surface area (Å²) in [6, 6.07) is -0.391. The normalized spacial score (nSPS) is 12.3. The summed E-state index contributed by atoms with van der Waals surface area (Å²) in [6.45, 7) is 8.30. The van der Waals surface area contributed by atoms with E-state index in [-0.39, 0.29) is 11.8 Å². The fourth-order valence-corrected chi connectivity index (χ4v) is 1.30. The molecule has 0 bridgehead atoms. The lowest BCUT2D eigenvalue weighted by atomic mass is 10.0. The molecule has 0 fully saturated rings. The van der Waals surface area contributed by atoms with Gasteiger partial charge in [0.25, 0.3) is 0 Å². The Morgan fingerprint density at radius 1 is 1.20 bits per heavy atom. The van der Waals surface area contributed by atoms with Crippen LogP contribution in [0.3, 0.4) is 0 Å². The van der Waals surface area contributed by atoms with Gasteiger partial charge in [0.2, 0.25) is 11.8 Å². The van der Waals surface area contributed by atoms with E-state index >= 15 is 0 Å². The molecule has 0 saturated carbocycles. The van der Waals surface area contributed by atoms with E-state index in [0.717, 1.165) is 0 Å². The van der Waals surface area contributed by atoms with Gasteiger partial charge in [-0.2, -0.15) is 0 Å². The Balaban J connectivity index is 4.29. The summed E-state index contributed by atoms with van der Waals surface area (Å²) >= 11 is 0. The smallest absolute Gasteiger partial charge is 0.242 e. The fourth-order valence-electron chi connectivity index (χ4n) is 1.30. The van der Waals surface area contributed by atoms with E-state index in [2.05, 4.69) is 10.6 Å². The maximum absolute atomic E-state index is 11.6. The van der Waals surface area contributed by atoms with Crippen molar-refractivity contribution in [1.82, 2.24) is 10.6 Å². The third-order valence-electron chi connectivity index (χ3n) is 2.03. The molecule has 1 atom stereocenters. The highest BCUT2D eigenvalue weighted by molar-refractivity contribution is 5.87. The van der Waals surface area contributed by atoms with Crippen molar-refractivity contribution in [2.75, 3.05) is 6.54 Å². The molecular weight excluding hydrogens is 192 g/mol. The maximum atomic E-state index is 11.6. The average Bonchev–Trinajstić information content (AvgIpc) is 2.16. The van der Waals surface area contributed by atoms with Crippen molar-refractivity contribution >= 4 is 11.8 Å². The third-order valence-corrected chi connectivity index (χ3v) is 2.03. The Bertz CT molecular complexity index is 215. The van der Waals surface area contributed by atoms with Gasteiger partial charge >= 0.3 is 0 Å². The van der Waals surface area contributed by atoms with E-state index in [1.165, 1.54) is 0 Å². The van der Waals surface area contributed by atoms with Crippen LogP contribution in [0.5, 0.6) is 0 Å². The summed E-state index contributed by atoms with van der Waals surface area (Å²) in [7, 11) is 0. The monoisotopic (exact) mass is 214 g/mol. The summed E-state index contributed by atoms with van der Waals surface area (Å²) in [6.07, 6.45) is 1.09. The molecule has 4 nitrogen and oxygen atoms in total. The SMILES string of the molecule is CCNC(=O)[C@H](CC(C)C)NC(=O)CC. The van der Waals surface area contributed by atoms with E-state index in [0.29, 0.717) is 25.3 Å². The van der Waals surface area contributed by atoms with Crippen molar-refractivity contribution in [3.63, 3.8) is 0 Å². The molecule has 2 amide bonds. The molecule has 0 aromatic heterocycles. The summed E-state index contributed by atoms with van der Waals surface area (Å²) in [5.41, 5.74) is 0. The largest absolute Gasteiger partial charge is 0.355 e. The van der Waals surface area contributed by atoms with Crippen molar-refractivity contribution in [2.24, 2.45) is 5.92 Å². The van der Waals surface area contributed by atoms with Gasteiger partial charge < -0.3 is 10.6 Å². The number of likely N-dealkylation sites (N-methyl/N-ethyl adjacent to an activating group) is 1. The van der Waals surface area contributed by atoms with Crippen LogP contribution in [-0.2, 0) is 9.59 Å². The Morgan fingerprint density at radius 2 is 1.80 bits per heavy atom. The summed E-state index contributed by atoms with van der Waals surface area (Å²) in [5, 5.41) is 5.46. The van der Waals surface area contributed by atoms with Crippen LogP contribution < -0.4 is 10.6 Å². The number of carbonyl (C=O) groups is 2. The van der Waals surface area contributed by atoms with Crippen LogP contribution >= 0.6 is 0 Å². The van der Waals surface area contributed by atoms with Crippen LogP contribution in [0.4, 0.5) is 0 Å². The van der Waals surface area contributed by atoms with Gasteiger partial charge in [-0.1, -0.05) is 20.8 Å². The van der Waals surface area contributed by atoms with Gasteiger partial charge in [0.05, 0.1) is 0 Å². The Morgan fingerprint density at radius 3 is 2.20 bits per heavy atom. The molecule has 15 heavy (non-hydrogen) atoms. The zero-order chi connectivity index (χ0) is 11.8. The molecule has 0 heterocycles. The highest BCUT2D eigenvalue weighted by Gasteiger charge is 2.20. The number of amides is 2. The molecule has 0 radical (unpaired) electrons. The minimum absolute atomic E-state index is 0.0769. The summed E-state index contributed by atoms with van der Waals surface area (Å²) in [4.78, 5) is 22.8. The van der Waals surface area contributed by atoms with Crippen LogP contribution in [0.25, 0.3) is 0 Å². The molecule has 4 heteroatoms. The topological polar surface area (TPSA) is 58.2 Å². The zero-order valence-electron chi connectivity index (χ0n) is 10.1. The molecule has 2 N–H and O–H groups in total. The highest BCUT2D eigenvalue weighted by Crippen LogP contribution is 2.05. The highest BCUT2D eigenvalue weighted by atomic mass is 16.2. The van der Waals surface area contributed by atoms with Crippen LogP contribution in [0.15, 0.2) is 0 Å². The molecular formula is C11H22N2O2. The quantitative estimate of drug-likeness (QED) is 0.694. The van der Waals surface area contributed by atoms with E-state index in [9.17, 15) is 9.59 Å². The van der Waals surface area contributed by atoms with Crippen molar-refractivity contribution in [2.45, 2.75) is 46.6 Å². The lowest BCUT2D eigenvalue weighted by Crippen LogP contribution is -2.47. The molecule has 88 valence electrons. The zero-order valence-corrected chi connectivity index (χ0v) is 10.1. The number of nitrogens with one attached hydrogen (secondary N) is 2. The molecule has 0 saturated heterocycles. The van der Waals surface area contributed by atoms with Gasteiger partial charge in [0.15, 0.2) is 0 Å². The van der Waals surface area contributed by atoms with Gasteiger partial charge in [-0.25, -0.2) is 0 Å². The fraction of sp³-hybridized carbons (Fsp3) is 0.818. The molecule has 0 aromatic rings. The Hall–Kier alpha value is -1.06. The first-order chi connectivity index (χ1) is 7.01. The van der Waals surface area contributed by atoms with Crippen LogP contribution in [-0.4, -0.2) is 24.4 Å². The van der Waals surface area contributed by atoms with Crippen molar-refractivity contribution < 1.29 is 9.59 Å². The number of carbonyl (C=O) groups excluding carboxylic acids is 2. The van der Waals surface area contributed by atoms with Gasteiger partial charge in [-0.05, 0) is 19.3 Å². The minimum atomic E-state index is -0.391. The predicted octanol–water partition coefficient (Wildman–Crippen LogP) is 1.06. The first-order valence-corrected chi connectivity index (χ1v) is 5.58. The number of hydrogen-bond donors (Lipinski definition) is 2. The molecule has 0 unspecified atom stereocenters. The minimum Gasteiger partial charge on any atom is -0.355 e. The van der Waals surface area contributed by atoms with Gasteiger partial charge in [-0.3, -0.25) is 9.59 Å². The molecule has 0 rings (SSSR count). The number of hydrogen-bond acceptors (Lipinski definition) is 2. The first kappa shape index (κ1) is 13.9. The summed E-state index contributed by atoms with van der Waals surface area (Å²) in [5.74, 6) is 0.217. The third kappa shape index (κ3) is 6.10. The van der Waals surface area contributed by atoms with Crippen LogP contribution in [0.2, 0.25) is 0 Å². The molecule has 0 aliphatic heterocycles. The van der Waals surface area contributed by atoms with Crippen molar-refractivity contribution in [3.8, 4) is 0 Å². The molecule has 0 aliphatic carbocycles. The molecule has 0 spiro atoms. The first-order valence-electron chi connectivity index (χ1n) is 5.58.